The van der Waals surface area contributed by atoms with Gasteiger partial charge in [-0.2, -0.15) is 0 Å². The van der Waals surface area contributed by atoms with E-state index in [1.165, 1.54) is 31.7 Å². The molecule has 0 bridgehead atoms. The zero-order chi connectivity index (χ0) is 13.8. The predicted molar refractivity (Wildman–Crippen MR) is 77.2 cm³/mol. The van der Waals surface area contributed by atoms with Gasteiger partial charge >= 0.3 is 0 Å². The molecule has 106 valence electrons. The van der Waals surface area contributed by atoms with Gasteiger partial charge in [-0.3, -0.25) is 4.90 Å². The van der Waals surface area contributed by atoms with Crippen LogP contribution in [0, 0.1) is 11.7 Å². The zero-order valence-electron chi connectivity index (χ0n) is 12.0. The van der Waals surface area contributed by atoms with Crippen molar-refractivity contribution in [2.75, 3.05) is 7.05 Å². The van der Waals surface area contributed by atoms with Crippen LogP contribution >= 0.6 is 0 Å². The fourth-order valence-electron chi connectivity index (χ4n) is 3.24. The summed E-state index contributed by atoms with van der Waals surface area (Å²) in [6.45, 7) is 3.49. The molecule has 2 N–H and O–H groups in total. The quantitative estimate of drug-likeness (QED) is 0.904. The van der Waals surface area contributed by atoms with Crippen molar-refractivity contribution in [3.8, 4) is 0 Å². The second kappa shape index (κ2) is 6.49. The summed E-state index contributed by atoms with van der Waals surface area (Å²) >= 11 is 0. The summed E-state index contributed by atoms with van der Waals surface area (Å²) in [4.78, 5) is 2.41. The summed E-state index contributed by atoms with van der Waals surface area (Å²) in [6, 6.07) is 5.97. The Labute approximate surface area is 115 Å². The van der Waals surface area contributed by atoms with Gasteiger partial charge in [-0.05, 0) is 37.4 Å². The third kappa shape index (κ3) is 3.54. The Hall–Kier alpha value is -0.930. The first-order valence-electron chi connectivity index (χ1n) is 7.29. The molecule has 0 spiro atoms. The van der Waals surface area contributed by atoms with Gasteiger partial charge in [0.1, 0.15) is 5.82 Å². The molecular weight excluding hydrogens is 239 g/mol. The molecular formula is C16H25FN2. The number of nitrogens with two attached hydrogens (primary N) is 1. The molecule has 0 heterocycles. The first-order valence-corrected chi connectivity index (χ1v) is 7.29. The molecule has 3 heteroatoms. The molecule has 1 aliphatic rings. The lowest BCUT2D eigenvalue weighted by molar-refractivity contribution is 0.133. The molecule has 0 amide bonds. The minimum Gasteiger partial charge on any atom is -0.326 e. The summed E-state index contributed by atoms with van der Waals surface area (Å²) in [5, 5.41) is 0. The molecule has 2 nitrogen and oxygen atoms in total. The van der Waals surface area contributed by atoms with E-state index in [0.29, 0.717) is 11.6 Å². The number of benzene rings is 1. The van der Waals surface area contributed by atoms with Crippen LogP contribution in [0.1, 0.15) is 43.7 Å². The third-order valence-corrected chi connectivity index (χ3v) is 4.39. The van der Waals surface area contributed by atoms with Crippen molar-refractivity contribution >= 4 is 0 Å². The van der Waals surface area contributed by atoms with Crippen molar-refractivity contribution in [3.63, 3.8) is 0 Å². The molecule has 1 fully saturated rings. The highest BCUT2D eigenvalue weighted by atomic mass is 19.1. The van der Waals surface area contributed by atoms with Gasteiger partial charge < -0.3 is 5.73 Å². The highest BCUT2D eigenvalue weighted by molar-refractivity contribution is 5.25. The SMILES string of the molecule is CC1CCCCC1N(C)Cc1ccc(F)c(CN)c1. The number of nitrogens with zero attached hydrogens (tertiary/aromatic N) is 1. The average Bonchev–Trinajstić information content (AvgIpc) is 2.41. The fourth-order valence-corrected chi connectivity index (χ4v) is 3.24. The first-order chi connectivity index (χ1) is 9.11. The van der Waals surface area contributed by atoms with Gasteiger partial charge in [-0.25, -0.2) is 4.39 Å². The Bertz CT molecular complexity index is 419. The minimum absolute atomic E-state index is 0.195. The highest BCUT2D eigenvalue weighted by Crippen LogP contribution is 2.28. The minimum atomic E-state index is -0.195. The van der Waals surface area contributed by atoms with Crippen LogP contribution in [0.4, 0.5) is 4.39 Å². The number of hydrogen-bond acceptors (Lipinski definition) is 2. The predicted octanol–water partition coefficient (Wildman–Crippen LogP) is 3.29. The van der Waals surface area contributed by atoms with Crippen LogP contribution in [-0.2, 0) is 13.1 Å². The Morgan fingerprint density at radius 2 is 2.05 bits per heavy atom. The molecule has 2 atom stereocenters. The van der Waals surface area contributed by atoms with E-state index in [-0.39, 0.29) is 12.4 Å². The van der Waals surface area contributed by atoms with Crippen molar-refractivity contribution in [2.24, 2.45) is 11.7 Å². The summed E-state index contributed by atoms with van der Waals surface area (Å²) in [7, 11) is 2.18. The van der Waals surface area contributed by atoms with E-state index >= 15 is 0 Å². The Morgan fingerprint density at radius 3 is 2.74 bits per heavy atom. The molecule has 0 radical (unpaired) electrons. The normalized spacial score (nSPS) is 23.8. The monoisotopic (exact) mass is 264 g/mol. The second-order valence-electron chi connectivity index (χ2n) is 5.87. The van der Waals surface area contributed by atoms with Crippen LogP contribution in [0.5, 0.6) is 0 Å². The van der Waals surface area contributed by atoms with Crippen molar-refractivity contribution in [3.05, 3.63) is 35.1 Å². The number of halogens is 1. The van der Waals surface area contributed by atoms with Crippen LogP contribution < -0.4 is 5.73 Å². The highest BCUT2D eigenvalue weighted by Gasteiger charge is 2.24. The molecule has 0 aromatic heterocycles. The lowest BCUT2D eigenvalue weighted by Crippen LogP contribution is -2.38. The smallest absolute Gasteiger partial charge is 0.127 e. The van der Waals surface area contributed by atoms with Gasteiger partial charge in [-0.1, -0.05) is 31.9 Å². The van der Waals surface area contributed by atoms with Crippen LogP contribution in [0.25, 0.3) is 0 Å². The molecule has 2 unspecified atom stereocenters. The van der Waals surface area contributed by atoms with E-state index in [0.717, 1.165) is 18.0 Å². The molecule has 0 saturated heterocycles. The topological polar surface area (TPSA) is 29.3 Å². The lowest BCUT2D eigenvalue weighted by Gasteiger charge is -2.36. The molecule has 1 saturated carbocycles. The molecule has 19 heavy (non-hydrogen) atoms. The number of rotatable bonds is 4. The summed E-state index contributed by atoms with van der Waals surface area (Å²) in [6.07, 6.45) is 5.30. The van der Waals surface area contributed by atoms with Crippen molar-refractivity contribution < 1.29 is 4.39 Å². The zero-order valence-corrected chi connectivity index (χ0v) is 12.0. The average molecular weight is 264 g/mol. The standard InChI is InChI=1S/C16H25FN2/c1-12-5-3-4-6-16(12)19(2)11-13-7-8-15(17)14(9-13)10-18/h7-9,12,16H,3-6,10-11,18H2,1-2H3. The first kappa shape index (κ1) is 14.5. The maximum atomic E-state index is 13.4. The molecule has 0 aliphatic heterocycles. The van der Waals surface area contributed by atoms with Gasteiger partial charge in [0.2, 0.25) is 0 Å². The molecule has 1 aliphatic carbocycles. The van der Waals surface area contributed by atoms with Crippen LogP contribution in [0.2, 0.25) is 0 Å². The van der Waals surface area contributed by atoms with Crippen molar-refractivity contribution in [2.45, 2.75) is 51.7 Å². The third-order valence-electron chi connectivity index (χ3n) is 4.39. The molecule has 2 rings (SSSR count). The second-order valence-corrected chi connectivity index (χ2v) is 5.87. The van der Waals surface area contributed by atoms with Gasteiger partial charge in [0.05, 0.1) is 0 Å². The molecule has 1 aromatic carbocycles. The van der Waals surface area contributed by atoms with Gasteiger partial charge in [0, 0.05) is 24.7 Å². The maximum Gasteiger partial charge on any atom is 0.127 e. The van der Waals surface area contributed by atoms with E-state index < -0.39 is 0 Å². The van der Waals surface area contributed by atoms with E-state index in [2.05, 4.69) is 18.9 Å². The van der Waals surface area contributed by atoms with Crippen LogP contribution in [0.3, 0.4) is 0 Å². The van der Waals surface area contributed by atoms with Gasteiger partial charge in [-0.15, -0.1) is 0 Å². The van der Waals surface area contributed by atoms with Crippen molar-refractivity contribution in [1.29, 1.82) is 0 Å². The van der Waals surface area contributed by atoms with Crippen molar-refractivity contribution in [1.82, 2.24) is 4.90 Å². The Morgan fingerprint density at radius 1 is 1.32 bits per heavy atom. The van der Waals surface area contributed by atoms with E-state index in [1.807, 2.05) is 12.1 Å². The fraction of sp³-hybridized carbons (Fsp3) is 0.625. The van der Waals surface area contributed by atoms with Gasteiger partial charge in [0.15, 0.2) is 0 Å². The van der Waals surface area contributed by atoms with Crippen LogP contribution in [0.15, 0.2) is 18.2 Å². The lowest BCUT2D eigenvalue weighted by atomic mass is 9.85. The number of hydrogen-bond donors (Lipinski definition) is 1. The Kier molecular flexibility index (Phi) is 4.94. The molecule has 1 aromatic rings. The largest absolute Gasteiger partial charge is 0.326 e. The van der Waals surface area contributed by atoms with Gasteiger partial charge in [0.25, 0.3) is 0 Å². The summed E-state index contributed by atoms with van der Waals surface area (Å²) in [5.74, 6) is 0.563. The van der Waals surface area contributed by atoms with E-state index in [4.69, 9.17) is 5.73 Å². The van der Waals surface area contributed by atoms with E-state index in [1.54, 1.807) is 0 Å². The summed E-state index contributed by atoms with van der Waals surface area (Å²) < 4.78 is 13.4. The van der Waals surface area contributed by atoms with E-state index in [9.17, 15) is 4.39 Å². The Balaban J connectivity index is 2.03. The van der Waals surface area contributed by atoms with Crippen LogP contribution in [-0.4, -0.2) is 18.0 Å². The maximum absolute atomic E-state index is 13.4. The summed E-state index contributed by atoms with van der Waals surface area (Å²) in [5.41, 5.74) is 7.33.